The Labute approximate surface area is 170 Å². The Bertz CT molecular complexity index is 609. The summed E-state index contributed by atoms with van der Waals surface area (Å²) in [5.41, 5.74) is 16.4. The molecule has 0 fully saturated rings. The van der Waals surface area contributed by atoms with Crippen LogP contribution in [0.4, 0.5) is 0 Å². The molecular weight excluding hydrogens is 382 g/mol. The first-order valence-corrected chi connectivity index (χ1v) is 8.96. The van der Waals surface area contributed by atoms with Crippen LogP contribution in [0.5, 0.6) is 0 Å². The number of nitrogens with two attached hydrogens (primary N) is 3. The molecule has 1 aromatic rings. The van der Waals surface area contributed by atoms with E-state index in [1.807, 2.05) is 44.2 Å². The maximum atomic E-state index is 10.4. The summed E-state index contributed by atoms with van der Waals surface area (Å²) in [6.07, 6.45) is -0.0431. The molecule has 1 rings (SSSR count). The molecule has 0 saturated carbocycles. The number of hydrogen-bond acceptors (Lipinski definition) is 7. The highest BCUT2D eigenvalue weighted by Crippen LogP contribution is 2.02. The molecule has 166 valence electrons. The van der Waals surface area contributed by atoms with Gasteiger partial charge in [-0.1, -0.05) is 44.2 Å². The standard InChI is InChI=1S/C9H11NO2.C6H13NO2.C4H9NO3/c10-8(9(11)12)6-7-4-2-1-3-5-7;1-4(2)3-5(7)6(8)9;1-2(6)3(5)4(7)8/h1-5,8H,6,10H2,(H,11,12);4-5H,3,7H2,1-2H3,(H,8,9);2-3,6H,5H2,1H3,(H,7,8). The van der Waals surface area contributed by atoms with Crippen LogP contribution < -0.4 is 17.2 Å². The Morgan fingerprint density at radius 3 is 1.52 bits per heavy atom. The van der Waals surface area contributed by atoms with Gasteiger partial charge in [-0.15, -0.1) is 0 Å². The highest BCUT2D eigenvalue weighted by molar-refractivity contribution is 5.74. The first kappa shape index (κ1) is 28.7. The maximum Gasteiger partial charge on any atom is 0.323 e. The Kier molecular flexibility index (Phi) is 15.2. The lowest BCUT2D eigenvalue weighted by atomic mass is 10.1. The summed E-state index contributed by atoms with van der Waals surface area (Å²) < 4.78 is 0. The van der Waals surface area contributed by atoms with E-state index in [0.29, 0.717) is 18.8 Å². The molecule has 0 aliphatic rings. The quantitative estimate of drug-likeness (QED) is 0.299. The number of carboxylic acids is 3. The molecule has 4 atom stereocenters. The molecule has 4 unspecified atom stereocenters. The summed E-state index contributed by atoms with van der Waals surface area (Å²) in [6.45, 7) is 5.23. The molecular formula is C19H33N3O7. The fourth-order valence-electron chi connectivity index (χ4n) is 1.77. The van der Waals surface area contributed by atoms with Crippen LogP contribution in [-0.2, 0) is 20.8 Å². The van der Waals surface area contributed by atoms with Crippen LogP contribution >= 0.6 is 0 Å². The average molecular weight is 415 g/mol. The zero-order valence-corrected chi connectivity index (χ0v) is 16.9. The minimum Gasteiger partial charge on any atom is -0.480 e. The number of carbonyl (C=O) groups is 3. The number of carboxylic acid groups (broad SMARTS) is 3. The molecule has 0 aliphatic carbocycles. The van der Waals surface area contributed by atoms with Crippen LogP contribution in [0.25, 0.3) is 0 Å². The van der Waals surface area contributed by atoms with Gasteiger partial charge in [0.1, 0.15) is 18.1 Å². The molecule has 0 spiro atoms. The van der Waals surface area contributed by atoms with E-state index in [1.165, 1.54) is 6.92 Å². The van der Waals surface area contributed by atoms with Gasteiger partial charge in [0.15, 0.2) is 0 Å². The summed E-state index contributed by atoms with van der Waals surface area (Å²) in [6, 6.07) is 6.70. The predicted molar refractivity (Wildman–Crippen MR) is 108 cm³/mol. The number of aliphatic hydroxyl groups excluding tert-OH is 1. The molecule has 0 aromatic heterocycles. The fourth-order valence-corrected chi connectivity index (χ4v) is 1.77. The van der Waals surface area contributed by atoms with Crippen LogP contribution in [0.3, 0.4) is 0 Å². The lowest BCUT2D eigenvalue weighted by Gasteiger charge is -2.07. The van der Waals surface area contributed by atoms with Crippen molar-refractivity contribution in [2.24, 2.45) is 23.1 Å². The SMILES string of the molecule is CC(C)CC(N)C(=O)O.CC(O)C(N)C(=O)O.NC(Cc1ccccc1)C(=O)O. The predicted octanol–water partition coefficient (Wildman–Crippen LogP) is -0.135. The van der Waals surface area contributed by atoms with Gasteiger partial charge in [-0.05, 0) is 31.2 Å². The summed E-state index contributed by atoms with van der Waals surface area (Å²) in [5, 5.41) is 33.4. The Hall–Kier alpha value is -2.53. The van der Waals surface area contributed by atoms with Gasteiger partial charge in [0.05, 0.1) is 6.10 Å². The van der Waals surface area contributed by atoms with E-state index in [0.717, 1.165) is 5.56 Å². The molecule has 0 bridgehead atoms. The maximum absolute atomic E-state index is 10.4. The number of rotatable bonds is 8. The number of aliphatic carboxylic acids is 3. The van der Waals surface area contributed by atoms with Crippen LogP contribution in [0.1, 0.15) is 32.8 Å². The van der Waals surface area contributed by atoms with E-state index in [2.05, 4.69) is 0 Å². The monoisotopic (exact) mass is 415 g/mol. The molecule has 10 N–H and O–H groups in total. The third-order valence-corrected chi connectivity index (χ3v) is 3.46. The second-order valence-corrected chi connectivity index (χ2v) is 6.81. The molecule has 0 heterocycles. The second-order valence-electron chi connectivity index (χ2n) is 6.81. The Morgan fingerprint density at radius 2 is 1.28 bits per heavy atom. The normalized spacial score (nSPS) is 14.2. The van der Waals surface area contributed by atoms with Gasteiger partial charge in [-0.3, -0.25) is 14.4 Å². The van der Waals surface area contributed by atoms with E-state index >= 15 is 0 Å². The fraction of sp³-hybridized carbons (Fsp3) is 0.526. The summed E-state index contributed by atoms with van der Waals surface area (Å²) in [4.78, 5) is 30.3. The number of aliphatic hydroxyl groups is 1. The zero-order valence-electron chi connectivity index (χ0n) is 16.9. The number of benzene rings is 1. The number of hydrogen-bond donors (Lipinski definition) is 7. The van der Waals surface area contributed by atoms with Gasteiger partial charge in [0.25, 0.3) is 0 Å². The van der Waals surface area contributed by atoms with Crippen molar-refractivity contribution in [2.75, 3.05) is 0 Å². The molecule has 0 saturated heterocycles. The van der Waals surface area contributed by atoms with E-state index in [1.54, 1.807) is 0 Å². The van der Waals surface area contributed by atoms with Crippen molar-refractivity contribution in [3.63, 3.8) is 0 Å². The average Bonchev–Trinajstić information content (AvgIpc) is 2.62. The summed E-state index contributed by atoms with van der Waals surface area (Å²) in [7, 11) is 0. The minimum absolute atomic E-state index is 0.357. The molecule has 29 heavy (non-hydrogen) atoms. The van der Waals surface area contributed by atoms with Gasteiger partial charge >= 0.3 is 17.9 Å². The second kappa shape index (κ2) is 15.4. The zero-order chi connectivity index (χ0) is 23.1. The van der Waals surface area contributed by atoms with Crippen molar-refractivity contribution >= 4 is 17.9 Å². The van der Waals surface area contributed by atoms with Crippen molar-refractivity contribution in [1.82, 2.24) is 0 Å². The van der Waals surface area contributed by atoms with Gasteiger partial charge in [-0.25, -0.2) is 0 Å². The molecule has 1 aromatic carbocycles. The largest absolute Gasteiger partial charge is 0.480 e. The third kappa shape index (κ3) is 16.2. The van der Waals surface area contributed by atoms with Crippen LogP contribution in [-0.4, -0.2) is 62.6 Å². The molecule has 0 radical (unpaired) electrons. The first-order chi connectivity index (χ1) is 13.3. The molecule has 0 amide bonds. The van der Waals surface area contributed by atoms with E-state index in [9.17, 15) is 14.4 Å². The Balaban J connectivity index is 0. The summed E-state index contributed by atoms with van der Waals surface area (Å²) >= 11 is 0. The first-order valence-electron chi connectivity index (χ1n) is 8.96. The van der Waals surface area contributed by atoms with Crippen molar-refractivity contribution < 1.29 is 34.8 Å². The lowest BCUT2D eigenvalue weighted by Crippen LogP contribution is -2.39. The highest BCUT2D eigenvalue weighted by atomic mass is 16.4. The molecule has 10 heteroatoms. The van der Waals surface area contributed by atoms with Gasteiger partial charge in [0, 0.05) is 0 Å². The topological polar surface area (TPSA) is 210 Å². The molecule has 0 aliphatic heterocycles. The highest BCUT2D eigenvalue weighted by Gasteiger charge is 2.16. The van der Waals surface area contributed by atoms with Crippen LogP contribution in [0.2, 0.25) is 0 Å². The van der Waals surface area contributed by atoms with Crippen molar-refractivity contribution in [3.05, 3.63) is 35.9 Å². The third-order valence-electron chi connectivity index (χ3n) is 3.46. The van der Waals surface area contributed by atoms with Crippen LogP contribution in [0.15, 0.2) is 30.3 Å². The van der Waals surface area contributed by atoms with Crippen LogP contribution in [0, 0.1) is 5.92 Å². The van der Waals surface area contributed by atoms with E-state index in [4.69, 9.17) is 37.6 Å². The lowest BCUT2D eigenvalue weighted by molar-refractivity contribution is -0.141. The summed E-state index contributed by atoms with van der Waals surface area (Å²) in [5.74, 6) is -2.70. The van der Waals surface area contributed by atoms with Gasteiger partial charge < -0.3 is 37.6 Å². The van der Waals surface area contributed by atoms with E-state index in [-0.39, 0.29) is 0 Å². The Morgan fingerprint density at radius 1 is 0.828 bits per heavy atom. The van der Waals surface area contributed by atoms with E-state index < -0.39 is 42.1 Å². The van der Waals surface area contributed by atoms with Crippen molar-refractivity contribution in [3.8, 4) is 0 Å². The molecule has 10 nitrogen and oxygen atoms in total. The minimum atomic E-state index is -1.18. The van der Waals surface area contributed by atoms with Crippen molar-refractivity contribution in [2.45, 2.75) is 57.8 Å². The van der Waals surface area contributed by atoms with Gasteiger partial charge in [0.2, 0.25) is 0 Å². The van der Waals surface area contributed by atoms with Gasteiger partial charge in [-0.2, -0.15) is 0 Å². The smallest absolute Gasteiger partial charge is 0.323 e. The van der Waals surface area contributed by atoms with Crippen molar-refractivity contribution in [1.29, 1.82) is 0 Å².